The number of phenols is 1. The molecule has 0 aliphatic heterocycles. The van der Waals surface area contributed by atoms with Crippen molar-refractivity contribution in [3.8, 4) is 28.4 Å². The maximum atomic E-state index is 14.0. The second-order valence-electron chi connectivity index (χ2n) is 8.17. The number of aryl methyl sites for hydroxylation is 2. The van der Waals surface area contributed by atoms with Crippen molar-refractivity contribution >= 4 is 27.9 Å². The van der Waals surface area contributed by atoms with Crippen LogP contribution in [0.3, 0.4) is 0 Å². The van der Waals surface area contributed by atoms with E-state index in [1.807, 2.05) is 54.6 Å². The first-order valence-electron chi connectivity index (χ1n) is 11.1. The molecule has 0 unspecified atom stereocenters. The largest absolute Gasteiger partial charge is 0.508 e. The maximum absolute atomic E-state index is 14.0. The molecule has 0 radical (unpaired) electrons. The number of nitrogens with zero attached hydrogens (tertiary/aromatic N) is 6. The van der Waals surface area contributed by atoms with Gasteiger partial charge in [-0.2, -0.15) is 5.10 Å². The van der Waals surface area contributed by atoms with E-state index < -0.39 is 5.82 Å². The number of hydrogen-bond donors (Lipinski definition) is 2. The van der Waals surface area contributed by atoms with Gasteiger partial charge >= 0.3 is 0 Å². The fourth-order valence-corrected chi connectivity index (χ4v) is 4.40. The first-order chi connectivity index (χ1) is 17.1. The summed E-state index contributed by atoms with van der Waals surface area (Å²) in [6.45, 7) is 1.01. The summed E-state index contributed by atoms with van der Waals surface area (Å²) >= 11 is 0. The second-order valence-corrected chi connectivity index (χ2v) is 8.17. The van der Waals surface area contributed by atoms with Crippen LogP contribution in [-0.2, 0) is 13.1 Å². The van der Waals surface area contributed by atoms with Crippen LogP contribution >= 0.6 is 0 Å². The van der Waals surface area contributed by atoms with Crippen molar-refractivity contribution in [3.05, 3.63) is 84.9 Å². The predicted octanol–water partition coefficient (Wildman–Crippen LogP) is 4.64. The molecular formula is C26H20FN7O. The van der Waals surface area contributed by atoms with Gasteiger partial charge in [0.2, 0.25) is 0 Å². The molecule has 8 nitrogen and oxygen atoms in total. The number of rotatable bonds is 5. The summed E-state index contributed by atoms with van der Waals surface area (Å²) in [5, 5.41) is 15.1. The van der Waals surface area contributed by atoms with Gasteiger partial charge in [0.05, 0.1) is 23.0 Å². The molecule has 35 heavy (non-hydrogen) atoms. The summed E-state index contributed by atoms with van der Waals surface area (Å²) in [5.74, 6) is 0.316. The van der Waals surface area contributed by atoms with Gasteiger partial charge in [-0.1, -0.05) is 42.5 Å². The van der Waals surface area contributed by atoms with Crippen molar-refractivity contribution in [2.45, 2.75) is 13.1 Å². The maximum Gasteiger partial charge on any atom is 0.164 e. The highest BCUT2D eigenvalue weighted by Gasteiger charge is 2.19. The lowest BCUT2D eigenvalue weighted by Gasteiger charge is -2.10. The number of benzene rings is 3. The number of para-hydroxylation sites is 2. The van der Waals surface area contributed by atoms with E-state index in [4.69, 9.17) is 15.8 Å². The van der Waals surface area contributed by atoms with Gasteiger partial charge in [0, 0.05) is 23.7 Å². The minimum Gasteiger partial charge on any atom is -0.508 e. The van der Waals surface area contributed by atoms with Crippen molar-refractivity contribution in [1.82, 2.24) is 29.3 Å². The molecule has 3 heterocycles. The minimum atomic E-state index is -0.574. The summed E-state index contributed by atoms with van der Waals surface area (Å²) < 4.78 is 17.9. The summed E-state index contributed by atoms with van der Waals surface area (Å²) in [7, 11) is 0. The van der Waals surface area contributed by atoms with E-state index in [-0.39, 0.29) is 11.6 Å². The molecule has 0 saturated carbocycles. The van der Waals surface area contributed by atoms with E-state index >= 15 is 0 Å². The third kappa shape index (κ3) is 3.63. The Bertz CT molecular complexity index is 1670. The predicted molar refractivity (Wildman–Crippen MR) is 132 cm³/mol. The topological polar surface area (TPSA) is 108 Å². The number of aromatic hydroxyl groups is 1. The normalized spacial score (nSPS) is 11.5. The first kappa shape index (κ1) is 20.8. The number of anilines is 1. The monoisotopic (exact) mass is 465 g/mol. The van der Waals surface area contributed by atoms with Crippen LogP contribution < -0.4 is 5.73 Å². The van der Waals surface area contributed by atoms with E-state index in [1.54, 1.807) is 4.68 Å². The van der Waals surface area contributed by atoms with Crippen LogP contribution in [0, 0.1) is 5.82 Å². The highest BCUT2D eigenvalue weighted by molar-refractivity contribution is 5.98. The van der Waals surface area contributed by atoms with Crippen molar-refractivity contribution in [2.75, 3.05) is 5.73 Å². The summed E-state index contributed by atoms with van der Waals surface area (Å²) in [5.41, 5.74) is 10.4. The van der Waals surface area contributed by atoms with Crippen LogP contribution in [0.1, 0.15) is 0 Å². The van der Waals surface area contributed by atoms with E-state index in [1.165, 1.54) is 18.5 Å². The lowest BCUT2D eigenvalue weighted by atomic mass is 10.1. The number of nitrogen functional groups attached to an aromatic ring is 1. The van der Waals surface area contributed by atoms with Crippen molar-refractivity contribution in [3.63, 3.8) is 0 Å². The van der Waals surface area contributed by atoms with Crippen molar-refractivity contribution in [1.29, 1.82) is 0 Å². The summed E-state index contributed by atoms with van der Waals surface area (Å²) in [6, 6.07) is 21.8. The Morgan fingerprint density at radius 3 is 2.51 bits per heavy atom. The molecule has 0 amide bonds. The standard InChI is InChI=1S/C26H20FN7O/c27-18-12-17(13-19(35)14-18)23-22-24(28)29-15-30-26(22)34(32-23)11-10-33-21-9-5-4-8-20(21)31-25(33)16-6-2-1-3-7-16/h1-9,12-15,35H,10-11H2,(H2,28,29,30). The zero-order valence-electron chi connectivity index (χ0n) is 18.5. The average molecular weight is 465 g/mol. The molecule has 0 fully saturated rings. The molecule has 3 aromatic carbocycles. The van der Waals surface area contributed by atoms with Crippen LogP contribution in [0.2, 0.25) is 0 Å². The fraction of sp³-hybridized carbons (Fsp3) is 0.0769. The quantitative estimate of drug-likeness (QED) is 0.384. The van der Waals surface area contributed by atoms with Gasteiger partial charge in [-0.15, -0.1) is 0 Å². The van der Waals surface area contributed by atoms with Gasteiger partial charge < -0.3 is 15.4 Å². The zero-order chi connectivity index (χ0) is 23.9. The molecule has 9 heteroatoms. The minimum absolute atomic E-state index is 0.199. The molecular weight excluding hydrogens is 445 g/mol. The average Bonchev–Trinajstić information content (AvgIpc) is 3.42. The van der Waals surface area contributed by atoms with Gasteiger partial charge in [0.15, 0.2) is 5.65 Å². The van der Waals surface area contributed by atoms with Crippen LogP contribution in [0.5, 0.6) is 5.75 Å². The Morgan fingerprint density at radius 2 is 1.69 bits per heavy atom. The highest BCUT2D eigenvalue weighted by atomic mass is 19.1. The van der Waals surface area contributed by atoms with Crippen molar-refractivity contribution in [2.24, 2.45) is 0 Å². The zero-order valence-corrected chi connectivity index (χ0v) is 18.5. The van der Waals surface area contributed by atoms with E-state index in [2.05, 4.69) is 14.5 Å². The number of hydrogen-bond acceptors (Lipinski definition) is 6. The molecule has 0 saturated heterocycles. The van der Waals surface area contributed by atoms with Crippen LogP contribution in [0.15, 0.2) is 79.1 Å². The summed E-state index contributed by atoms with van der Waals surface area (Å²) in [4.78, 5) is 13.4. The molecule has 0 aliphatic rings. The summed E-state index contributed by atoms with van der Waals surface area (Å²) in [6.07, 6.45) is 1.38. The number of phenolic OH excluding ortho intramolecular Hbond substituents is 1. The molecule has 3 N–H and O–H groups in total. The SMILES string of the molecule is Nc1ncnc2c1c(-c1cc(O)cc(F)c1)nn2CCn1c(-c2ccccc2)nc2ccccc21. The van der Waals surface area contributed by atoms with Gasteiger partial charge in [-0.05, 0) is 24.3 Å². The molecule has 6 aromatic rings. The number of fused-ring (bicyclic) bond motifs is 2. The molecule has 0 atom stereocenters. The van der Waals surface area contributed by atoms with Gasteiger partial charge in [0.25, 0.3) is 0 Å². The first-order valence-corrected chi connectivity index (χ1v) is 11.1. The number of nitrogens with two attached hydrogens (primary N) is 1. The molecule has 0 bridgehead atoms. The van der Waals surface area contributed by atoms with Gasteiger partial charge in [-0.3, -0.25) is 0 Å². The van der Waals surface area contributed by atoms with E-state index in [9.17, 15) is 9.50 Å². The van der Waals surface area contributed by atoms with Crippen molar-refractivity contribution < 1.29 is 9.50 Å². The van der Waals surface area contributed by atoms with Crippen LogP contribution in [-0.4, -0.2) is 34.4 Å². The molecule has 6 rings (SSSR count). The second kappa shape index (κ2) is 8.21. The third-order valence-electron chi connectivity index (χ3n) is 5.94. The Morgan fingerprint density at radius 1 is 0.886 bits per heavy atom. The highest BCUT2D eigenvalue weighted by Crippen LogP contribution is 2.33. The van der Waals surface area contributed by atoms with Crippen LogP contribution in [0.4, 0.5) is 10.2 Å². The van der Waals surface area contributed by atoms with Gasteiger partial charge in [-0.25, -0.2) is 24.0 Å². The number of aromatic nitrogens is 6. The molecule has 0 spiro atoms. The number of imidazole rings is 1. The molecule has 3 aromatic heterocycles. The van der Waals surface area contributed by atoms with Crippen LogP contribution in [0.25, 0.3) is 44.7 Å². The molecule has 0 aliphatic carbocycles. The smallest absolute Gasteiger partial charge is 0.164 e. The fourth-order valence-electron chi connectivity index (χ4n) is 4.40. The lowest BCUT2D eigenvalue weighted by molar-refractivity contribution is 0.469. The Labute approximate surface area is 199 Å². The third-order valence-corrected chi connectivity index (χ3v) is 5.94. The Balaban J connectivity index is 1.46. The Kier molecular flexibility index (Phi) is 4.88. The Hall–Kier alpha value is -4.79. The molecule has 172 valence electrons. The van der Waals surface area contributed by atoms with E-state index in [0.717, 1.165) is 28.5 Å². The number of halogens is 1. The lowest BCUT2D eigenvalue weighted by Crippen LogP contribution is -2.10. The van der Waals surface area contributed by atoms with Gasteiger partial charge in [0.1, 0.15) is 35.2 Å². The van der Waals surface area contributed by atoms with E-state index in [0.29, 0.717) is 35.4 Å².